The minimum atomic E-state index is 0.460. The van der Waals surface area contributed by atoms with Crippen molar-refractivity contribution in [2.24, 2.45) is 5.73 Å². The van der Waals surface area contributed by atoms with Gasteiger partial charge in [-0.2, -0.15) is 0 Å². The molecular formula is C47H34N2. The van der Waals surface area contributed by atoms with Crippen LogP contribution >= 0.6 is 0 Å². The quantitative estimate of drug-likeness (QED) is 0.183. The van der Waals surface area contributed by atoms with Gasteiger partial charge in [-0.15, -0.1) is 0 Å². The van der Waals surface area contributed by atoms with E-state index in [-0.39, 0.29) is 0 Å². The first kappa shape index (κ1) is 29.0. The lowest BCUT2D eigenvalue weighted by atomic mass is 9.96. The zero-order chi connectivity index (χ0) is 32.9. The topological polar surface area (TPSA) is 30.9 Å². The number of rotatable bonds is 6. The Morgan fingerprint density at radius 3 is 1.98 bits per heavy atom. The molecule has 9 rings (SSSR count). The second kappa shape index (κ2) is 11.8. The third-order valence-corrected chi connectivity index (χ3v) is 9.98. The Kier molecular flexibility index (Phi) is 6.97. The number of fused-ring (bicyclic) bond motifs is 7. The predicted molar refractivity (Wildman–Crippen MR) is 211 cm³/mol. The van der Waals surface area contributed by atoms with Gasteiger partial charge >= 0.3 is 0 Å². The molecule has 9 aromatic rings. The van der Waals surface area contributed by atoms with E-state index in [0.29, 0.717) is 6.54 Å². The number of nitrogens with two attached hydrogens (primary N) is 1. The molecule has 0 aliphatic rings. The summed E-state index contributed by atoms with van der Waals surface area (Å²) in [6, 6.07) is 57.6. The Morgan fingerprint density at radius 1 is 0.531 bits per heavy atom. The van der Waals surface area contributed by atoms with Gasteiger partial charge in [-0.3, -0.25) is 0 Å². The standard InChI is InChI=1S/C47H34N2/c1-2-9-38(30-48)35-22-25-42-37(28-35)24-27-44-43-26-23-36(29-46(43)49(47(42)44)45-17-8-13-33-11-4-6-15-41(33)45)31-18-20-34(21-19-31)40-16-7-12-32-10-3-5-14-39(32)40/h2-29H,1,30,48H2/b38-9+. The molecule has 0 bridgehead atoms. The van der Waals surface area contributed by atoms with Gasteiger partial charge in [0.15, 0.2) is 0 Å². The largest absolute Gasteiger partial charge is 0.326 e. The van der Waals surface area contributed by atoms with Gasteiger partial charge in [0.05, 0.1) is 16.7 Å². The average molecular weight is 627 g/mol. The zero-order valence-electron chi connectivity index (χ0n) is 27.1. The van der Waals surface area contributed by atoms with E-state index in [1.165, 1.54) is 82.1 Å². The van der Waals surface area contributed by atoms with Crippen LogP contribution < -0.4 is 5.73 Å². The molecule has 2 N–H and O–H groups in total. The van der Waals surface area contributed by atoms with Crippen molar-refractivity contribution in [1.82, 2.24) is 4.57 Å². The van der Waals surface area contributed by atoms with Crippen molar-refractivity contribution in [2.45, 2.75) is 0 Å². The molecule has 1 heterocycles. The van der Waals surface area contributed by atoms with Crippen LogP contribution in [0.5, 0.6) is 0 Å². The molecule has 0 radical (unpaired) electrons. The number of nitrogens with zero attached hydrogens (tertiary/aromatic N) is 1. The van der Waals surface area contributed by atoms with Crippen LogP contribution in [0, 0.1) is 0 Å². The van der Waals surface area contributed by atoms with Crippen LogP contribution in [0.25, 0.3) is 87.6 Å². The summed E-state index contributed by atoms with van der Waals surface area (Å²) in [6.07, 6.45) is 3.81. The second-order valence-corrected chi connectivity index (χ2v) is 12.7. The number of hydrogen-bond donors (Lipinski definition) is 1. The highest BCUT2D eigenvalue weighted by molar-refractivity contribution is 6.20. The van der Waals surface area contributed by atoms with Gasteiger partial charge in [0.2, 0.25) is 0 Å². The summed E-state index contributed by atoms with van der Waals surface area (Å²) in [5.41, 5.74) is 16.8. The fourth-order valence-electron chi connectivity index (χ4n) is 7.61. The Morgan fingerprint density at radius 2 is 1.18 bits per heavy atom. The van der Waals surface area contributed by atoms with Gasteiger partial charge < -0.3 is 10.3 Å². The van der Waals surface area contributed by atoms with Gasteiger partial charge in [-0.05, 0) is 73.1 Å². The number of allylic oxidation sites excluding steroid dienone is 2. The maximum atomic E-state index is 6.13. The molecule has 0 fully saturated rings. The van der Waals surface area contributed by atoms with E-state index in [0.717, 1.165) is 11.1 Å². The van der Waals surface area contributed by atoms with Gasteiger partial charge in [0.1, 0.15) is 0 Å². The lowest BCUT2D eigenvalue weighted by Crippen LogP contribution is -2.02. The monoisotopic (exact) mass is 626 g/mol. The summed E-state index contributed by atoms with van der Waals surface area (Å²) in [5, 5.41) is 9.84. The van der Waals surface area contributed by atoms with Gasteiger partial charge in [0.25, 0.3) is 0 Å². The van der Waals surface area contributed by atoms with E-state index in [2.05, 4.69) is 169 Å². The minimum absolute atomic E-state index is 0.460. The normalized spacial score (nSPS) is 12.1. The van der Waals surface area contributed by atoms with Crippen molar-refractivity contribution in [3.05, 3.63) is 182 Å². The molecular weight excluding hydrogens is 593 g/mol. The summed E-state index contributed by atoms with van der Waals surface area (Å²) in [5.74, 6) is 0. The van der Waals surface area contributed by atoms with Gasteiger partial charge in [-0.1, -0.05) is 158 Å². The molecule has 232 valence electrons. The summed E-state index contributed by atoms with van der Waals surface area (Å²) >= 11 is 0. The van der Waals surface area contributed by atoms with Gasteiger partial charge in [0, 0.05) is 28.1 Å². The number of hydrogen-bond acceptors (Lipinski definition) is 1. The van der Waals surface area contributed by atoms with Crippen molar-refractivity contribution < 1.29 is 0 Å². The van der Waals surface area contributed by atoms with Crippen molar-refractivity contribution >= 4 is 59.7 Å². The van der Waals surface area contributed by atoms with E-state index in [4.69, 9.17) is 5.73 Å². The van der Waals surface area contributed by atoms with E-state index >= 15 is 0 Å². The molecule has 2 nitrogen and oxygen atoms in total. The first-order chi connectivity index (χ1) is 24.2. The fraction of sp³-hybridized carbons (Fsp3) is 0.0213. The van der Waals surface area contributed by atoms with Crippen molar-refractivity contribution in [3.8, 4) is 27.9 Å². The molecule has 0 atom stereocenters. The average Bonchev–Trinajstić information content (AvgIpc) is 3.50. The first-order valence-corrected chi connectivity index (χ1v) is 16.8. The molecule has 0 saturated heterocycles. The van der Waals surface area contributed by atoms with E-state index in [1.54, 1.807) is 0 Å². The number of aromatic nitrogens is 1. The van der Waals surface area contributed by atoms with Crippen LogP contribution in [0.2, 0.25) is 0 Å². The predicted octanol–water partition coefficient (Wildman–Crippen LogP) is 12.1. The highest BCUT2D eigenvalue weighted by atomic mass is 15.0. The molecule has 8 aromatic carbocycles. The first-order valence-electron chi connectivity index (χ1n) is 16.8. The molecule has 49 heavy (non-hydrogen) atoms. The smallest absolute Gasteiger partial charge is 0.0619 e. The lowest BCUT2D eigenvalue weighted by Gasteiger charge is -2.14. The van der Waals surface area contributed by atoms with Crippen molar-refractivity contribution in [1.29, 1.82) is 0 Å². The van der Waals surface area contributed by atoms with Crippen molar-refractivity contribution in [2.75, 3.05) is 6.54 Å². The molecule has 0 saturated carbocycles. The highest BCUT2D eigenvalue weighted by Gasteiger charge is 2.18. The number of benzene rings is 8. The van der Waals surface area contributed by atoms with Crippen LogP contribution in [0.3, 0.4) is 0 Å². The Bertz CT molecular complexity index is 2750. The zero-order valence-corrected chi connectivity index (χ0v) is 27.1. The molecule has 0 aliphatic heterocycles. The minimum Gasteiger partial charge on any atom is -0.326 e. The fourth-order valence-corrected chi connectivity index (χ4v) is 7.61. The summed E-state index contributed by atoms with van der Waals surface area (Å²) in [4.78, 5) is 0. The van der Waals surface area contributed by atoms with Crippen LogP contribution in [0.1, 0.15) is 5.56 Å². The summed E-state index contributed by atoms with van der Waals surface area (Å²) in [7, 11) is 0. The Hall–Kier alpha value is -6.22. The third-order valence-electron chi connectivity index (χ3n) is 9.98. The van der Waals surface area contributed by atoms with Gasteiger partial charge in [-0.25, -0.2) is 0 Å². The van der Waals surface area contributed by atoms with Crippen LogP contribution in [-0.4, -0.2) is 11.1 Å². The molecule has 2 heteroatoms. The summed E-state index contributed by atoms with van der Waals surface area (Å²) < 4.78 is 2.48. The maximum absolute atomic E-state index is 6.13. The van der Waals surface area contributed by atoms with Crippen LogP contribution in [0.4, 0.5) is 0 Å². The van der Waals surface area contributed by atoms with Crippen LogP contribution in [-0.2, 0) is 0 Å². The van der Waals surface area contributed by atoms with Crippen LogP contribution in [0.15, 0.2) is 176 Å². The Labute approximate surface area is 285 Å². The maximum Gasteiger partial charge on any atom is 0.0619 e. The van der Waals surface area contributed by atoms with E-state index in [1.807, 2.05) is 12.2 Å². The SMILES string of the molecule is C=C/C=C(\CN)c1ccc2c(ccc3c4ccc(-c5ccc(-c6cccc7ccccc67)cc5)cc4n(-c4cccc5ccccc45)c23)c1. The highest BCUT2D eigenvalue weighted by Crippen LogP contribution is 2.41. The molecule has 0 amide bonds. The van der Waals surface area contributed by atoms with E-state index in [9.17, 15) is 0 Å². The van der Waals surface area contributed by atoms with Crippen molar-refractivity contribution in [3.63, 3.8) is 0 Å². The molecule has 1 aromatic heterocycles. The molecule has 0 spiro atoms. The Balaban J connectivity index is 1.27. The lowest BCUT2D eigenvalue weighted by molar-refractivity contribution is 1.20. The van der Waals surface area contributed by atoms with E-state index < -0.39 is 0 Å². The molecule has 0 aliphatic carbocycles. The third kappa shape index (κ3) is 4.77. The second-order valence-electron chi connectivity index (χ2n) is 12.7. The summed E-state index contributed by atoms with van der Waals surface area (Å²) in [6.45, 7) is 4.35. The molecule has 0 unspecified atom stereocenters.